The first-order chi connectivity index (χ1) is 9.64. The van der Waals surface area contributed by atoms with Crippen LogP contribution in [0.2, 0.25) is 5.02 Å². The summed E-state index contributed by atoms with van der Waals surface area (Å²) >= 11 is 5.94. The summed E-state index contributed by atoms with van der Waals surface area (Å²) < 4.78 is 24.9. The highest BCUT2D eigenvalue weighted by atomic mass is 35.5. The summed E-state index contributed by atoms with van der Waals surface area (Å²) in [6.45, 7) is 8.48. The van der Waals surface area contributed by atoms with Crippen LogP contribution in [0.15, 0.2) is 30.4 Å². The van der Waals surface area contributed by atoms with Crippen LogP contribution in [0.1, 0.15) is 24.2 Å². The van der Waals surface area contributed by atoms with Gasteiger partial charge >= 0.3 is 0 Å². The normalized spacial score (nSPS) is 11.0. The lowest BCUT2D eigenvalue weighted by molar-refractivity contribution is 0.0778. The van der Waals surface area contributed by atoms with Gasteiger partial charge in [0.1, 0.15) is 0 Å². The van der Waals surface area contributed by atoms with E-state index < -0.39 is 10.0 Å². The number of halogens is 1. The van der Waals surface area contributed by atoms with Crippen molar-refractivity contribution in [2.45, 2.75) is 13.8 Å². The Morgan fingerprint density at radius 3 is 2.52 bits per heavy atom. The fourth-order valence-electron chi connectivity index (χ4n) is 1.77. The zero-order valence-corrected chi connectivity index (χ0v) is 13.9. The maximum atomic E-state index is 12.4. The minimum absolute atomic E-state index is 0.191. The first-order valence-electron chi connectivity index (χ1n) is 6.35. The quantitative estimate of drug-likeness (QED) is 0.815. The molecule has 0 aliphatic rings. The lowest BCUT2D eigenvalue weighted by Gasteiger charge is -2.21. The van der Waals surface area contributed by atoms with Crippen molar-refractivity contribution in [1.82, 2.24) is 4.90 Å². The monoisotopic (exact) mass is 330 g/mol. The molecule has 1 amide bonds. The molecule has 0 unspecified atom stereocenters. The molecule has 116 valence electrons. The largest absolute Gasteiger partial charge is 0.335 e. The van der Waals surface area contributed by atoms with Crippen molar-refractivity contribution < 1.29 is 13.2 Å². The topological polar surface area (TPSA) is 66.5 Å². The number of anilines is 1. The number of nitrogens with zero attached hydrogens (tertiary/aromatic N) is 1. The van der Waals surface area contributed by atoms with Crippen molar-refractivity contribution in [2.24, 2.45) is 0 Å². The number of hydrogen-bond donors (Lipinski definition) is 1. The lowest BCUT2D eigenvalue weighted by Crippen LogP contribution is -2.32. The molecule has 0 saturated heterocycles. The van der Waals surface area contributed by atoms with E-state index in [1.165, 1.54) is 12.1 Å². The van der Waals surface area contributed by atoms with Gasteiger partial charge in [-0.05, 0) is 32.0 Å². The van der Waals surface area contributed by atoms with Gasteiger partial charge in [0.05, 0.1) is 17.0 Å². The molecule has 0 aromatic heterocycles. The third-order valence-electron chi connectivity index (χ3n) is 2.64. The molecule has 0 bridgehead atoms. The van der Waals surface area contributed by atoms with E-state index >= 15 is 0 Å². The highest BCUT2D eigenvalue weighted by Crippen LogP contribution is 2.24. The van der Waals surface area contributed by atoms with Gasteiger partial charge in [-0.3, -0.25) is 9.52 Å². The summed E-state index contributed by atoms with van der Waals surface area (Å²) in [5, 5.41) is 0.236. The molecular formula is C14H19ClN2O3S. The summed E-state index contributed by atoms with van der Waals surface area (Å²) in [6.07, 6.45) is 1.03. The molecule has 0 aliphatic carbocycles. The number of hydrogen-bond acceptors (Lipinski definition) is 3. The molecule has 7 heteroatoms. The second kappa shape index (κ2) is 6.95. The fourth-order valence-corrected chi connectivity index (χ4v) is 2.56. The maximum absolute atomic E-state index is 12.4. The second-order valence-electron chi connectivity index (χ2n) is 4.85. The molecule has 1 aromatic carbocycles. The number of sulfonamides is 1. The fraction of sp³-hybridized carbons (Fsp3) is 0.357. The third-order valence-corrected chi connectivity index (χ3v) is 3.56. The molecule has 0 saturated carbocycles. The average Bonchev–Trinajstić information content (AvgIpc) is 2.36. The summed E-state index contributed by atoms with van der Waals surface area (Å²) in [5.41, 5.74) is 1.43. The second-order valence-corrected chi connectivity index (χ2v) is 7.00. The Morgan fingerprint density at radius 2 is 2.05 bits per heavy atom. The van der Waals surface area contributed by atoms with Crippen LogP contribution in [0.4, 0.5) is 5.69 Å². The molecule has 0 aliphatic heterocycles. The average molecular weight is 331 g/mol. The van der Waals surface area contributed by atoms with Gasteiger partial charge < -0.3 is 4.90 Å². The first kappa shape index (κ1) is 17.5. The number of carbonyl (C=O) groups excluding carboxylic acids is 1. The minimum Gasteiger partial charge on any atom is -0.335 e. The van der Waals surface area contributed by atoms with E-state index in [0.29, 0.717) is 18.7 Å². The standard InChI is InChI=1S/C14H19ClN2O3S/c1-5-17(9-10(2)3)14(18)11-6-7-12(15)13(8-11)16-21(4,19)20/h6-8,16H,2,5,9H2,1,3-4H3. The van der Waals surface area contributed by atoms with E-state index in [1.807, 2.05) is 13.8 Å². The van der Waals surface area contributed by atoms with Gasteiger partial charge in [-0.2, -0.15) is 0 Å². The van der Waals surface area contributed by atoms with Crippen molar-refractivity contribution in [3.63, 3.8) is 0 Å². The zero-order valence-electron chi connectivity index (χ0n) is 12.3. The number of rotatable bonds is 6. The van der Waals surface area contributed by atoms with Crippen LogP contribution in [0.5, 0.6) is 0 Å². The Labute approximate surface area is 130 Å². The van der Waals surface area contributed by atoms with E-state index in [1.54, 1.807) is 11.0 Å². The minimum atomic E-state index is -3.46. The molecule has 0 fully saturated rings. The van der Waals surface area contributed by atoms with Crippen LogP contribution in [0, 0.1) is 0 Å². The predicted molar refractivity (Wildman–Crippen MR) is 86.3 cm³/mol. The summed E-state index contributed by atoms with van der Waals surface area (Å²) in [5.74, 6) is -0.200. The van der Waals surface area contributed by atoms with Crippen LogP contribution in [0.3, 0.4) is 0 Å². The summed E-state index contributed by atoms with van der Waals surface area (Å²) in [7, 11) is -3.46. The Morgan fingerprint density at radius 1 is 1.43 bits per heavy atom. The van der Waals surface area contributed by atoms with E-state index in [2.05, 4.69) is 11.3 Å². The molecule has 1 N–H and O–H groups in total. The third kappa shape index (κ3) is 5.40. The first-order valence-corrected chi connectivity index (χ1v) is 8.62. The van der Waals surface area contributed by atoms with Crippen molar-refractivity contribution >= 4 is 33.2 Å². The van der Waals surface area contributed by atoms with Gasteiger partial charge in [-0.1, -0.05) is 23.8 Å². The highest BCUT2D eigenvalue weighted by molar-refractivity contribution is 7.92. The number of carbonyl (C=O) groups is 1. The Bertz CT molecular complexity index is 656. The Hall–Kier alpha value is -1.53. The number of benzene rings is 1. The van der Waals surface area contributed by atoms with Crippen molar-refractivity contribution in [2.75, 3.05) is 24.1 Å². The molecule has 21 heavy (non-hydrogen) atoms. The van der Waals surface area contributed by atoms with E-state index in [0.717, 1.165) is 11.8 Å². The molecule has 0 spiro atoms. The molecule has 5 nitrogen and oxygen atoms in total. The van der Waals surface area contributed by atoms with Crippen LogP contribution < -0.4 is 4.72 Å². The SMILES string of the molecule is C=C(C)CN(CC)C(=O)c1ccc(Cl)c(NS(C)(=O)=O)c1. The molecule has 0 atom stereocenters. The summed E-state index contributed by atoms with van der Waals surface area (Å²) in [4.78, 5) is 14.0. The Balaban J connectivity index is 3.10. The van der Waals surface area contributed by atoms with E-state index in [9.17, 15) is 13.2 Å². The van der Waals surface area contributed by atoms with Crippen LogP contribution in [0.25, 0.3) is 0 Å². The number of likely N-dealkylation sites (N-methyl/N-ethyl adjacent to an activating group) is 1. The zero-order chi connectivity index (χ0) is 16.2. The molecule has 1 aromatic rings. The molecule has 1 rings (SSSR count). The van der Waals surface area contributed by atoms with Crippen molar-refractivity contribution in [3.05, 3.63) is 40.9 Å². The van der Waals surface area contributed by atoms with Crippen molar-refractivity contribution in [1.29, 1.82) is 0 Å². The number of amides is 1. The van der Waals surface area contributed by atoms with Gasteiger partial charge in [0, 0.05) is 18.7 Å². The van der Waals surface area contributed by atoms with Gasteiger partial charge in [-0.15, -0.1) is 0 Å². The smallest absolute Gasteiger partial charge is 0.254 e. The van der Waals surface area contributed by atoms with E-state index in [-0.39, 0.29) is 16.6 Å². The molecular weight excluding hydrogens is 312 g/mol. The molecule has 0 radical (unpaired) electrons. The van der Waals surface area contributed by atoms with Crippen molar-refractivity contribution in [3.8, 4) is 0 Å². The van der Waals surface area contributed by atoms with Gasteiger partial charge in [0.25, 0.3) is 5.91 Å². The molecule has 0 heterocycles. The van der Waals surface area contributed by atoms with Crippen LogP contribution >= 0.6 is 11.6 Å². The van der Waals surface area contributed by atoms with Crippen LogP contribution in [-0.2, 0) is 10.0 Å². The van der Waals surface area contributed by atoms with Gasteiger partial charge in [0.15, 0.2) is 0 Å². The summed E-state index contributed by atoms with van der Waals surface area (Å²) in [6, 6.07) is 4.50. The van der Waals surface area contributed by atoms with Gasteiger partial charge in [0.2, 0.25) is 10.0 Å². The van der Waals surface area contributed by atoms with Gasteiger partial charge in [-0.25, -0.2) is 8.42 Å². The predicted octanol–water partition coefficient (Wildman–Crippen LogP) is 2.75. The number of nitrogens with one attached hydrogen (secondary N) is 1. The van der Waals surface area contributed by atoms with Crippen LogP contribution in [-0.4, -0.2) is 38.6 Å². The van der Waals surface area contributed by atoms with E-state index in [4.69, 9.17) is 11.6 Å². The Kier molecular flexibility index (Phi) is 5.80. The lowest BCUT2D eigenvalue weighted by atomic mass is 10.1. The maximum Gasteiger partial charge on any atom is 0.254 e. The highest BCUT2D eigenvalue weighted by Gasteiger charge is 2.16.